The van der Waals surface area contributed by atoms with Crippen molar-refractivity contribution in [3.05, 3.63) is 42.0 Å². The van der Waals surface area contributed by atoms with Gasteiger partial charge < -0.3 is 9.47 Å². The third-order valence-corrected chi connectivity index (χ3v) is 6.57. The quantitative estimate of drug-likeness (QED) is 0.605. The molecule has 1 heterocycles. The lowest BCUT2D eigenvalue weighted by Crippen LogP contribution is -2.49. The molecule has 1 saturated carbocycles. The van der Waals surface area contributed by atoms with Crippen LogP contribution in [0.25, 0.3) is 10.8 Å². The minimum Gasteiger partial charge on any atom is -0.490 e. The molecule has 2 fully saturated rings. The summed E-state index contributed by atoms with van der Waals surface area (Å²) in [6.07, 6.45) is 8.02. The molecule has 1 aliphatic carbocycles. The summed E-state index contributed by atoms with van der Waals surface area (Å²) in [5.41, 5.74) is 1.28. The van der Waals surface area contributed by atoms with Crippen molar-refractivity contribution >= 4 is 16.7 Å². The Morgan fingerprint density at radius 2 is 1.76 bits per heavy atom. The molecule has 2 aromatic carbocycles. The van der Waals surface area contributed by atoms with Crippen molar-refractivity contribution in [2.24, 2.45) is 11.8 Å². The number of fused-ring (bicyclic) bond motifs is 1. The van der Waals surface area contributed by atoms with Crippen LogP contribution in [-0.4, -0.2) is 37.2 Å². The molecule has 29 heavy (non-hydrogen) atoms. The van der Waals surface area contributed by atoms with Crippen molar-refractivity contribution in [2.75, 3.05) is 20.2 Å². The van der Waals surface area contributed by atoms with Crippen LogP contribution in [0.4, 0.5) is 0 Å². The molecule has 0 amide bonds. The second kappa shape index (κ2) is 9.17. The summed E-state index contributed by atoms with van der Waals surface area (Å²) >= 11 is 0. The first kappa shape index (κ1) is 20.2. The maximum absolute atomic E-state index is 11.5. The average Bonchev–Trinajstić information content (AvgIpc) is 2.71. The van der Waals surface area contributed by atoms with Crippen LogP contribution in [-0.2, 0) is 16.1 Å². The highest BCUT2D eigenvalue weighted by Crippen LogP contribution is 2.31. The van der Waals surface area contributed by atoms with Gasteiger partial charge in [0.2, 0.25) is 0 Å². The number of rotatable bonds is 7. The minimum absolute atomic E-state index is 0.0391. The third kappa shape index (κ3) is 4.92. The number of methoxy groups -OCH3 is 1. The third-order valence-electron chi connectivity index (χ3n) is 6.57. The van der Waals surface area contributed by atoms with Crippen molar-refractivity contribution in [3.63, 3.8) is 0 Å². The molecule has 0 radical (unpaired) electrons. The van der Waals surface area contributed by atoms with Gasteiger partial charge in [-0.3, -0.25) is 9.69 Å². The molecule has 0 bridgehead atoms. The zero-order valence-electron chi connectivity index (χ0n) is 17.7. The number of carbonyl (C=O) groups is 1. The Bertz CT molecular complexity index is 835. The van der Waals surface area contributed by atoms with Crippen LogP contribution < -0.4 is 4.74 Å². The zero-order chi connectivity index (χ0) is 20.2. The van der Waals surface area contributed by atoms with E-state index in [4.69, 9.17) is 9.47 Å². The van der Waals surface area contributed by atoms with Gasteiger partial charge in [-0.1, -0.05) is 38.0 Å². The van der Waals surface area contributed by atoms with Crippen LogP contribution in [0.1, 0.15) is 51.0 Å². The van der Waals surface area contributed by atoms with Gasteiger partial charge in [-0.05, 0) is 66.1 Å². The Balaban J connectivity index is 1.32. The Morgan fingerprint density at radius 1 is 1.03 bits per heavy atom. The van der Waals surface area contributed by atoms with Gasteiger partial charge in [0.15, 0.2) is 0 Å². The van der Waals surface area contributed by atoms with E-state index in [1.807, 2.05) is 0 Å². The fourth-order valence-corrected chi connectivity index (χ4v) is 4.86. The second-order valence-electron chi connectivity index (χ2n) is 8.81. The van der Waals surface area contributed by atoms with Gasteiger partial charge in [-0.25, -0.2) is 0 Å². The maximum atomic E-state index is 11.5. The standard InChI is InChI=1S/C25H33NO3/c1-3-4-18-6-10-23(11-7-18)29-24-12-9-20-13-19(5-8-21(20)14-24)15-26-16-22(17-26)25(27)28-2/h5,8-9,12-14,18,22-23H,3-4,6-7,10-11,15-17H2,1-2H3. The molecule has 0 atom stereocenters. The van der Waals surface area contributed by atoms with E-state index in [0.717, 1.165) is 31.3 Å². The molecule has 156 valence electrons. The smallest absolute Gasteiger partial charge is 0.311 e. The van der Waals surface area contributed by atoms with E-state index >= 15 is 0 Å². The lowest BCUT2D eigenvalue weighted by molar-refractivity contribution is -0.151. The fraction of sp³-hybridized carbons (Fsp3) is 0.560. The summed E-state index contributed by atoms with van der Waals surface area (Å²) in [6.45, 7) is 4.74. The summed E-state index contributed by atoms with van der Waals surface area (Å²) in [6, 6.07) is 13.1. The second-order valence-corrected chi connectivity index (χ2v) is 8.81. The molecule has 1 aliphatic heterocycles. The van der Waals surface area contributed by atoms with Gasteiger partial charge in [0.1, 0.15) is 5.75 Å². The zero-order valence-corrected chi connectivity index (χ0v) is 17.7. The highest BCUT2D eigenvalue weighted by molar-refractivity contribution is 5.84. The average molecular weight is 396 g/mol. The molecule has 4 rings (SSSR count). The lowest BCUT2D eigenvalue weighted by Gasteiger charge is -2.37. The largest absolute Gasteiger partial charge is 0.490 e. The first-order valence-electron chi connectivity index (χ1n) is 11.1. The van der Waals surface area contributed by atoms with Crippen LogP contribution in [0.5, 0.6) is 5.75 Å². The van der Waals surface area contributed by atoms with Crippen molar-refractivity contribution in [1.29, 1.82) is 0 Å². The molecular formula is C25H33NO3. The summed E-state index contributed by atoms with van der Waals surface area (Å²) in [4.78, 5) is 13.8. The molecule has 0 aromatic heterocycles. The van der Waals surface area contributed by atoms with Crippen LogP contribution in [0.15, 0.2) is 36.4 Å². The van der Waals surface area contributed by atoms with E-state index in [-0.39, 0.29) is 11.9 Å². The number of hydrogen-bond acceptors (Lipinski definition) is 4. The summed E-state index contributed by atoms with van der Waals surface area (Å²) in [7, 11) is 1.46. The first-order valence-corrected chi connectivity index (χ1v) is 11.1. The predicted octanol–water partition coefficient (Wildman–Crippen LogP) is 5.18. The van der Waals surface area contributed by atoms with Gasteiger partial charge in [-0.2, -0.15) is 0 Å². The highest BCUT2D eigenvalue weighted by Gasteiger charge is 2.33. The van der Waals surface area contributed by atoms with Gasteiger partial charge in [0.05, 0.1) is 19.1 Å². The Kier molecular flexibility index (Phi) is 6.39. The normalized spacial score (nSPS) is 23.0. The van der Waals surface area contributed by atoms with Gasteiger partial charge in [0.25, 0.3) is 0 Å². The molecule has 4 heteroatoms. The number of nitrogens with zero attached hydrogens (tertiary/aromatic N) is 1. The first-order chi connectivity index (χ1) is 14.1. The Labute approximate surface area is 174 Å². The number of esters is 1. The van der Waals surface area contributed by atoms with Crippen molar-refractivity contribution in [1.82, 2.24) is 4.90 Å². The van der Waals surface area contributed by atoms with Crippen LogP contribution in [0.3, 0.4) is 0 Å². The van der Waals surface area contributed by atoms with Crippen LogP contribution >= 0.6 is 0 Å². The van der Waals surface area contributed by atoms with E-state index in [9.17, 15) is 4.79 Å². The predicted molar refractivity (Wildman–Crippen MR) is 116 cm³/mol. The molecule has 1 saturated heterocycles. The Hall–Kier alpha value is -2.07. The molecule has 0 spiro atoms. The van der Waals surface area contributed by atoms with Crippen LogP contribution in [0.2, 0.25) is 0 Å². The van der Waals surface area contributed by atoms with Crippen molar-refractivity contribution in [2.45, 2.75) is 58.1 Å². The van der Waals surface area contributed by atoms with Crippen molar-refractivity contribution < 1.29 is 14.3 Å². The molecule has 0 N–H and O–H groups in total. The monoisotopic (exact) mass is 395 g/mol. The Morgan fingerprint density at radius 3 is 2.48 bits per heavy atom. The van der Waals surface area contributed by atoms with E-state index < -0.39 is 0 Å². The topological polar surface area (TPSA) is 38.8 Å². The van der Waals surface area contributed by atoms with Gasteiger partial charge in [-0.15, -0.1) is 0 Å². The summed E-state index contributed by atoms with van der Waals surface area (Å²) in [5, 5.41) is 2.47. The highest BCUT2D eigenvalue weighted by atomic mass is 16.5. The van der Waals surface area contributed by atoms with E-state index in [1.54, 1.807) is 0 Å². The molecule has 2 aliphatic rings. The summed E-state index contributed by atoms with van der Waals surface area (Å²) in [5.74, 6) is 1.85. The number of ether oxygens (including phenoxy) is 2. The van der Waals surface area contributed by atoms with E-state index in [0.29, 0.717) is 6.10 Å². The molecule has 0 unspecified atom stereocenters. The lowest BCUT2D eigenvalue weighted by atomic mass is 9.85. The number of hydrogen-bond donors (Lipinski definition) is 0. The molecular weight excluding hydrogens is 362 g/mol. The number of likely N-dealkylation sites (tertiary alicyclic amines) is 1. The summed E-state index contributed by atoms with van der Waals surface area (Å²) < 4.78 is 11.1. The molecule has 4 nitrogen and oxygen atoms in total. The number of carbonyl (C=O) groups excluding carboxylic acids is 1. The number of benzene rings is 2. The fourth-order valence-electron chi connectivity index (χ4n) is 4.86. The molecule has 2 aromatic rings. The maximum Gasteiger partial charge on any atom is 0.311 e. The van der Waals surface area contributed by atoms with Gasteiger partial charge in [0, 0.05) is 19.6 Å². The van der Waals surface area contributed by atoms with E-state index in [2.05, 4.69) is 48.2 Å². The van der Waals surface area contributed by atoms with E-state index in [1.165, 1.54) is 62.0 Å². The van der Waals surface area contributed by atoms with Gasteiger partial charge >= 0.3 is 5.97 Å². The van der Waals surface area contributed by atoms with Crippen LogP contribution in [0, 0.1) is 11.8 Å². The minimum atomic E-state index is -0.0915. The SMILES string of the molecule is CCCC1CCC(Oc2ccc3cc(CN4CC(C(=O)OC)C4)ccc3c2)CC1. The van der Waals surface area contributed by atoms with Crippen molar-refractivity contribution in [3.8, 4) is 5.75 Å².